The number of piperidine rings is 2. The van der Waals surface area contributed by atoms with Gasteiger partial charge in [0.05, 0.1) is 45.2 Å². The van der Waals surface area contributed by atoms with Gasteiger partial charge in [-0.15, -0.1) is 11.3 Å². The lowest BCUT2D eigenvalue weighted by atomic mass is 9.49. The first-order valence-electron chi connectivity index (χ1n) is 28.0. The molecule has 4 N–H and O–H groups in total. The minimum atomic E-state index is -2.01. The van der Waals surface area contributed by atoms with Crippen molar-refractivity contribution in [2.45, 2.75) is 155 Å². The number of ether oxygens (including phenoxy) is 1. The number of likely N-dealkylation sites (tertiary alicyclic amines) is 3. The molecule has 3 aromatic carbocycles. The van der Waals surface area contributed by atoms with Gasteiger partial charge in [0.2, 0.25) is 17.7 Å². The number of hydrogen-bond acceptors (Lipinski definition) is 11. The van der Waals surface area contributed by atoms with Crippen molar-refractivity contribution < 1.29 is 38.2 Å². The van der Waals surface area contributed by atoms with E-state index < -0.39 is 53.0 Å². The number of amides is 5. The first-order chi connectivity index (χ1) is 37.9. The van der Waals surface area contributed by atoms with Gasteiger partial charge in [-0.25, -0.2) is 9.37 Å². The van der Waals surface area contributed by atoms with Gasteiger partial charge in [0.25, 0.3) is 11.8 Å². The van der Waals surface area contributed by atoms with Gasteiger partial charge in [0, 0.05) is 72.1 Å². The first-order valence-corrected chi connectivity index (χ1v) is 29.2. The number of alkyl halides is 1. The SMILES string of the molecule is Cc1ncsc1-c1ccc([C@@H](CC(=O)N2CCC(N3CCC(C#Cc4ccc(C(=O)NC5C(C)(C)C(Oc6ccc(C#N)c(Cl)c6)C5(C)C)cc4)CC3)CC2)NC(=O)[C@@H]2C[C@@H](O)CN2C(=O)[C@@H](NC(=O)C2(F)CC2)C(C)(C)C)cc1. The predicted octanol–water partition coefficient (Wildman–Crippen LogP) is 8.55. The van der Waals surface area contributed by atoms with Gasteiger partial charge >= 0.3 is 0 Å². The number of aromatic nitrogens is 1. The van der Waals surface area contributed by atoms with E-state index >= 15 is 0 Å². The first kappa shape index (κ1) is 58.3. The third-order valence-corrected chi connectivity index (χ3v) is 18.5. The van der Waals surface area contributed by atoms with Crippen LogP contribution in [0.4, 0.5) is 4.39 Å². The number of carbonyl (C=O) groups is 5. The Morgan fingerprint density at radius 1 is 0.925 bits per heavy atom. The molecule has 0 bridgehead atoms. The largest absolute Gasteiger partial charge is 0.489 e. The lowest BCUT2D eigenvalue weighted by molar-refractivity contribution is -0.164. The van der Waals surface area contributed by atoms with Crippen LogP contribution in [0.15, 0.2) is 72.2 Å². The highest BCUT2D eigenvalue weighted by Gasteiger charge is 2.64. The second-order valence-corrected chi connectivity index (χ2v) is 26.1. The van der Waals surface area contributed by atoms with Gasteiger partial charge in [-0.05, 0) is 111 Å². The summed E-state index contributed by atoms with van der Waals surface area (Å²) in [5, 5.41) is 29.4. The quantitative estimate of drug-likeness (QED) is 0.0888. The van der Waals surface area contributed by atoms with E-state index in [9.17, 15) is 38.7 Å². The lowest BCUT2D eigenvalue weighted by Crippen LogP contribution is -2.74. The minimum absolute atomic E-state index is 0.0231. The molecule has 80 heavy (non-hydrogen) atoms. The van der Waals surface area contributed by atoms with Gasteiger partial charge < -0.3 is 40.5 Å². The summed E-state index contributed by atoms with van der Waals surface area (Å²) >= 11 is 7.80. The zero-order valence-corrected chi connectivity index (χ0v) is 48.6. The maximum Gasteiger partial charge on any atom is 0.258 e. The molecule has 9 rings (SSSR count). The van der Waals surface area contributed by atoms with E-state index in [1.165, 1.54) is 16.2 Å². The van der Waals surface area contributed by atoms with Crippen molar-refractivity contribution in [2.24, 2.45) is 22.2 Å². The maximum absolute atomic E-state index is 14.8. The zero-order valence-electron chi connectivity index (χ0n) is 47.0. The predicted molar refractivity (Wildman–Crippen MR) is 305 cm³/mol. The van der Waals surface area contributed by atoms with Crippen LogP contribution < -0.4 is 20.7 Å². The number of benzene rings is 3. The molecule has 0 radical (unpaired) electrons. The lowest BCUT2D eigenvalue weighted by Gasteiger charge is -2.63. The molecule has 5 aliphatic rings. The Balaban J connectivity index is 0.771. The highest BCUT2D eigenvalue weighted by molar-refractivity contribution is 7.13. The number of nitriles is 1. The molecule has 3 saturated heterocycles. The molecule has 0 spiro atoms. The molecule has 5 fully saturated rings. The van der Waals surface area contributed by atoms with E-state index in [4.69, 9.17) is 16.3 Å². The standard InChI is InChI=1S/C62H74ClFN8O7S/c1-37-51(80-36-66-37)41-17-15-40(16-18-41)48(67-54(76)49-31-45(73)35-72(49)55(77)52(59(2,3)4)68-58(78)62(64)25-26-62)33-50(74)71-29-23-44(24-30-71)70-27-21-39(22-28-70)10-9-38-11-13-42(14-12-38)53(75)69-56-60(5,6)57(61(56,7)8)79-46-20-19-43(34-65)47(63)32-46/h11-20,32,36,39,44-45,48-49,52,56-57,73H,21-31,33,35H2,1-8H3,(H,67,76)(H,68,78)(H,69,75)/t45-,48-,49+,52-,56?,57?/m1/s1. The number of nitrogens with one attached hydrogen (secondary N) is 3. The molecule has 4 aromatic rings. The molecule has 18 heteroatoms. The van der Waals surface area contributed by atoms with Crippen molar-refractivity contribution >= 4 is 52.5 Å². The number of aliphatic hydroxyl groups excluding tert-OH is 1. The summed E-state index contributed by atoms with van der Waals surface area (Å²) in [4.78, 5) is 80.4. The fraction of sp³-hybridized carbons (Fsp3) is 0.532. The Hall–Kier alpha value is -6.37. The Morgan fingerprint density at radius 3 is 2.17 bits per heavy atom. The fourth-order valence-electron chi connectivity index (χ4n) is 12.6. The molecule has 2 aliphatic carbocycles. The number of rotatable bonds is 14. The summed E-state index contributed by atoms with van der Waals surface area (Å²) in [6.45, 7) is 18.3. The van der Waals surface area contributed by atoms with Crippen LogP contribution in [0.5, 0.6) is 5.75 Å². The normalized spacial score (nSPS) is 23.3. The molecular formula is C62H74ClFN8O7S. The van der Waals surface area contributed by atoms with E-state index in [0.29, 0.717) is 46.6 Å². The second kappa shape index (κ2) is 23.2. The molecule has 1 aromatic heterocycles. The summed E-state index contributed by atoms with van der Waals surface area (Å²) < 4.78 is 21.2. The molecule has 3 aliphatic heterocycles. The van der Waals surface area contributed by atoms with E-state index in [2.05, 4.69) is 71.4 Å². The smallest absolute Gasteiger partial charge is 0.258 e. The highest BCUT2D eigenvalue weighted by Crippen LogP contribution is 2.56. The molecule has 4 atom stereocenters. The number of β-amino-alcohol motifs (C(OH)–C–C–N with tert-alkyl or cyclic N) is 1. The monoisotopic (exact) mass is 1130 g/mol. The zero-order chi connectivity index (χ0) is 57.5. The van der Waals surface area contributed by atoms with Crippen LogP contribution in [0.3, 0.4) is 0 Å². The number of thiazole rings is 1. The number of aryl methyl sites for hydroxylation is 1. The highest BCUT2D eigenvalue weighted by atomic mass is 35.5. The topological polar surface area (TPSA) is 197 Å². The van der Waals surface area contributed by atoms with E-state index in [-0.39, 0.29) is 72.9 Å². The van der Waals surface area contributed by atoms with E-state index in [1.807, 2.05) is 60.4 Å². The van der Waals surface area contributed by atoms with Crippen LogP contribution >= 0.6 is 22.9 Å². The third kappa shape index (κ3) is 12.6. The molecule has 424 valence electrons. The number of hydrogen-bond donors (Lipinski definition) is 4. The van der Waals surface area contributed by atoms with Crippen LogP contribution in [0.1, 0.15) is 139 Å². The van der Waals surface area contributed by atoms with E-state index in [1.54, 1.807) is 44.5 Å². The van der Waals surface area contributed by atoms with Crippen molar-refractivity contribution in [1.82, 2.24) is 35.6 Å². The summed E-state index contributed by atoms with van der Waals surface area (Å²) in [6, 6.07) is 19.4. The number of nitrogens with zero attached hydrogens (tertiary/aromatic N) is 5. The Bertz CT molecular complexity index is 3070. The second-order valence-electron chi connectivity index (χ2n) is 24.9. The summed E-state index contributed by atoms with van der Waals surface area (Å²) in [6.07, 6.45) is 2.37. The molecule has 15 nitrogen and oxygen atoms in total. The maximum atomic E-state index is 14.8. The molecule has 4 heterocycles. The van der Waals surface area contributed by atoms with Gasteiger partial charge in [-0.3, -0.25) is 24.0 Å². The third-order valence-electron chi connectivity index (χ3n) is 17.2. The summed E-state index contributed by atoms with van der Waals surface area (Å²) in [5.74, 6) is 5.42. The summed E-state index contributed by atoms with van der Waals surface area (Å²) in [5.41, 5.74) is 2.52. The average molecular weight is 1130 g/mol. The molecule has 0 unspecified atom stereocenters. The van der Waals surface area contributed by atoms with Crippen molar-refractivity contribution in [3.63, 3.8) is 0 Å². The van der Waals surface area contributed by atoms with Gasteiger partial charge in [0.15, 0.2) is 5.67 Å². The van der Waals surface area contributed by atoms with Crippen LogP contribution in [-0.2, 0) is 19.2 Å². The summed E-state index contributed by atoms with van der Waals surface area (Å²) in [7, 11) is 0. The Kier molecular flexibility index (Phi) is 16.9. The van der Waals surface area contributed by atoms with E-state index in [0.717, 1.165) is 60.5 Å². The van der Waals surface area contributed by atoms with Crippen molar-refractivity contribution in [2.75, 3.05) is 32.7 Å². The van der Waals surface area contributed by atoms with Crippen LogP contribution in [0.2, 0.25) is 5.02 Å². The van der Waals surface area contributed by atoms with Gasteiger partial charge in [-0.1, -0.05) is 96.2 Å². The minimum Gasteiger partial charge on any atom is -0.489 e. The van der Waals surface area contributed by atoms with Gasteiger partial charge in [0.1, 0.15) is 30.0 Å². The Labute approximate surface area is 478 Å². The number of carbonyl (C=O) groups excluding carboxylic acids is 5. The van der Waals surface area contributed by atoms with Crippen molar-refractivity contribution in [1.29, 1.82) is 5.26 Å². The molecule has 5 amide bonds. The van der Waals surface area contributed by atoms with Gasteiger partial charge in [-0.2, -0.15) is 5.26 Å². The number of aliphatic hydroxyl groups is 1. The van der Waals surface area contributed by atoms with Crippen molar-refractivity contribution in [3.8, 4) is 34.1 Å². The number of halogens is 2. The molecular weight excluding hydrogens is 1060 g/mol. The van der Waals surface area contributed by atoms with Crippen LogP contribution in [0.25, 0.3) is 10.4 Å². The van der Waals surface area contributed by atoms with Crippen molar-refractivity contribution in [3.05, 3.63) is 105 Å². The average Bonchev–Trinajstić information content (AvgIpc) is 3.84. The van der Waals surface area contributed by atoms with Crippen LogP contribution in [0, 0.1) is 52.3 Å². The molecule has 2 saturated carbocycles. The fourth-order valence-corrected chi connectivity index (χ4v) is 13.6. The Morgan fingerprint density at radius 2 is 1.59 bits per heavy atom. The van der Waals surface area contributed by atoms with Crippen LogP contribution in [-0.4, -0.2) is 129 Å².